The molecule has 6 nitrogen and oxygen atoms in total. The van der Waals surface area contributed by atoms with E-state index < -0.39 is 0 Å². The quantitative estimate of drug-likeness (QED) is 0.541. The molecule has 0 unspecified atom stereocenters. The van der Waals surface area contributed by atoms with Gasteiger partial charge in [0.05, 0.1) is 0 Å². The first-order valence-electron chi connectivity index (χ1n) is 9.47. The maximum atomic E-state index is 12.4. The van der Waals surface area contributed by atoms with Crippen molar-refractivity contribution in [1.29, 1.82) is 0 Å². The highest BCUT2D eigenvalue weighted by Gasteiger charge is 2.15. The molecule has 4 rings (SSSR count). The van der Waals surface area contributed by atoms with E-state index in [4.69, 9.17) is 4.52 Å². The van der Waals surface area contributed by atoms with E-state index in [2.05, 4.69) is 15.5 Å². The van der Waals surface area contributed by atoms with Gasteiger partial charge in [-0.05, 0) is 31.5 Å². The predicted octanol–water partition coefficient (Wildman–Crippen LogP) is 4.14. The minimum absolute atomic E-state index is 0.0821. The highest BCUT2D eigenvalue weighted by atomic mass is 16.5. The zero-order chi connectivity index (χ0) is 20.2. The topological polar surface area (TPSA) is 73.0 Å². The third-order valence-corrected chi connectivity index (χ3v) is 4.71. The number of hydrogen-bond acceptors (Lipinski definition) is 4. The number of nitrogens with zero attached hydrogens (tertiary/aromatic N) is 3. The molecular weight excluding hydrogens is 364 g/mol. The lowest BCUT2D eigenvalue weighted by Gasteiger charge is -2.08. The van der Waals surface area contributed by atoms with Gasteiger partial charge in [-0.15, -0.1) is 0 Å². The minimum atomic E-state index is -0.0821. The number of carbonyl (C=O) groups is 1. The summed E-state index contributed by atoms with van der Waals surface area (Å²) in [5, 5.41) is 7.02. The second kappa shape index (κ2) is 8.14. The van der Waals surface area contributed by atoms with Crippen LogP contribution in [0.2, 0.25) is 0 Å². The Labute approximate surface area is 169 Å². The van der Waals surface area contributed by atoms with Gasteiger partial charge in [-0.25, -0.2) is 0 Å². The third-order valence-electron chi connectivity index (χ3n) is 4.71. The molecule has 6 heteroatoms. The van der Waals surface area contributed by atoms with Crippen LogP contribution in [0.5, 0.6) is 0 Å². The Morgan fingerprint density at radius 3 is 2.41 bits per heavy atom. The normalized spacial score (nSPS) is 10.8. The maximum absolute atomic E-state index is 12.4. The predicted molar refractivity (Wildman–Crippen MR) is 111 cm³/mol. The lowest BCUT2D eigenvalue weighted by Crippen LogP contribution is -2.27. The standard InChI is InChI=1S/C23H22N4O2/c1-16-5-9-18(10-6-16)14-24-21(28)15-27-13-3-4-20(27)23-25-22(26-29-23)19-11-7-17(2)8-12-19/h3-13H,14-15H2,1-2H3,(H,24,28). The Bertz CT molecular complexity index is 1110. The Morgan fingerprint density at radius 2 is 1.69 bits per heavy atom. The molecule has 2 aromatic heterocycles. The summed E-state index contributed by atoms with van der Waals surface area (Å²) in [6.07, 6.45) is 1.83. The molecule has 0 spiro atoms. The number of aryl methyl sites for hydroxylation is 2. The van der Waals surface area contributed by atoms with Crippen molar-refractivity contribution in [3.63, 3.8) is 0 Å². The molecule has 146 valence electrons. The second-order valence-corrected chi connectivity index (χ2v) is 7.07. The zero-order valence-corrected chi connectivity index (χ0v) is 16.4. The zero-order valence-electron chi connectivity index (χ0n) is 16.4. The van der Waals surface area contributed by atoms with Gasteiger partial charge in [0.2, 0.25) is 11.7 Å². The van der Waals surface area contributed by atoms with Gasteiger partial charge in [-0.1, -0.05) is 64.8 Å². The molecule has 2 heterocycles. The van der Waals surface area contributed by atoms with E-state index in [0.717, 1.165) is 11.1 Å². The molecule has 0 atom stereocenters. The summed E-state index contributed by atoms with van der Waals surface area (Å²) in [6.45, 7) is 4.74. The van der Waals surface area contributed by atoms with Gasteiger partial charge in [0.25, 0.3) is 5.89 Å². The van der Waals surface area contributed by atoms with Crippen LogP contribution in [0.15, 0.2) is 71.4 Å². The third kappa shape index (κ3) is 4.43. The van der Waals surface area contributed by atoms with Crippen LogP contribution in [-0.2, 0) is 17.9 Å². The van der Waals surface area contributed by atoms with Crippen molar-refractivity contribution < 1.29 is 9.32 Å². The number of hydrogen-bond donors (Lipinski definition) is 1. The summed E-state index contributed by atoms with van der Waals surface area (Å²) in [5.74, 6) is 0.829. The van der Waals surface area contributed by atoms with Crippen molar-refractivity contribution in [3.05, 3.63) is 83.6 Å². The summed E-state index contributed by atoms with van der Waals surface area (Å²) in [7, 11) is 0. The Morgan fingerprint density at radius 1 is 1.00 bits per heavy atom. The molecule has 0 radical (unpaired) electrons. The summed E-state index contributed by atoms with van der Waals surface area (Å²) < 4.78 is 7.25. The molecule has 1 N–H and O–H groups in total. The molecule has 2 aromatic carbocycles. The second-order valence-electron chi connectivity index (χ2n) is 7.07. The highest BCUT2D eigenvalue weighted by molar-refractivity contribution is 5.76. The number of aromatic nitrogens is 3. The van der Waals surface area contributed by atoms with Crippen LogP contribution in [0.25, 0.3) is 23.0 Å². The largest absolute Gasteiger partial charge is 0.350 e. The molecule has 4 aromatic rings. The van der Waals surface area contributed by atoms with Crippen LogP contribution >= 0.6 is 0 Å². The summed E-state index contributed by atoms with van der Waals surface area (Å²) >= 11 is 0. The molecule has 1 amide bonds. The molecule has 0 saturated carbocycles. The fourth-order valence-electron chi connectivity index (χ4n) is 3.01. The smallest absolute Gasteiger partial charge is 0.274 e. The number of rotatable bonds is 6. The maximum Gasteiger partial charge on any atom is 0.274 e. The molecular formula is C23H22N4O2. The lowest BCUT2D eigenvalue weighted by atomic mass is 10.1. The average molecular weight is 386 g/mol. The minimum Gasteiger partial charge on any atom is -0.350 e. The number of amides is 1. The number of carbonyl (C=O) groups excluding carboxylic acids is 1. The highest BCUT2D eigenvalue weighted by Crippen LogP contribution is 2.23. The van der Waals surface area contributed by atoms with Gasteiger partial charge in [0, 0.05) is 18.3 Å². The fourth-order valence-corrected chi connectivity index (χ4v) is 3.01. The Balaban J connectivity index is 1.44. The van der Waals surface area contributed by atoms with Crippen LogP contribution in [-0.4, -0.2) is 20.6 Å². The van der Waals surface area contributed by atoms with Crippen LogP contribution in [0.4, 0.5) is 0 Å². The van der Waals surface area contributed by atoms with Crippen molar-refractivity contribution in [2.75, 3.05) is 0 Å². The summed E-state index contributed by atoms with van der Waals surface area (Å²) in [6, 6.07) is 19.8. The average Bonchev–Trinajstić information content (AvgIpc) is 3.37. The van der Waals surface area contributed by atoms with E-state index in [1.165, 1.54) is 11.1 Å². The molecule has 0 bridgehead atoms. The number of nitrogens with one attached hydrogen (secondary N) is 1. The fraction of sp³-hybridized carbons (Fsp3) is 0.174. The van der Waals surface area contributed by atoms with E-state index >= 15 is 0 Å². The van der Waals surface area contributed by atoms with Crippen molar-refractivity contribution in [2.45, 2.75) is 26.9 Å². The molecule has 0 aliphatic carbocycles. The Kier molecular flexibility index (Phi) is 5.24. The lowest BCUT2D eigenvalue weighted by molar-refractivity contribution is -0.121. The van der Waals surface area contributed by atoms with Crippen LogP contribution in [0.1, 0.15) is 16.7 Å². The van der Waals surface area contributed by atoms with Gasteiger partial charge >= 0.3 is 0 Å². The van der Waals surface area contributed by atoms with E-state index in [9.17, 15) is 4.79 Å². The Hall–Kier alpha value is -3.67. The summed E-state index contributed by atoms with van der Waals surface area (Å²) in [5.41, 5.74) is 5.03. The molecule has 0 fully saturated rings. The van der Waals surface area contributed by atoms with Crippen molar-refractivity contribution >= 4 is 5.91 Å². The van der Waals surface area contributed by atoms with Gasteiger partial charge in [-0.2, -0.15) is 4.98 Å². The molecule has 29 heavy (non-hydrogen) atoms. The first-order chi connectivity index (χ1) is 14.1. The van der Waals surface area contributed by atoms with Gasteiger partial charge in [0.1, 0.15) is 12.2 Å². The molecule has 0 aliphatic rings. The van der Waals surface area contributed by atoms with E-state index in [1.54, 1.807) is 4.57 Å². The first kappa shape index (κ1) is 18.7. The molecule has 0 saturated heterocycles. The summed E-state index contributed by atoms with van der Waals surface area (Å²) in [4.78, 5) is 16.9. The first-order valence-corrected chi connectivity index (χ1v) is 9.47. The number of benzene rings is 2. The van der Waals surface area contributed by atoms with Crippen LogP contribution < -0.4 is 5.32 Å². The van der Waals surface area contributed by atoms with E-state index in [1.807, 2.05) is 80.7 Å². The van der Waals surface area contributed by atoms with Crippen LogP contribution in [0, 0.1) is 13.8 Å². The monoisotopic (exact) mass is 386 g/mol. The van der Waals surface area contributed by atoms with Gasteiger partial charge in [0.15, 0.2) is 0 Å². The van der Waals surface area contributed by atoms with Crippen molar-refractivity contribution in [2.24, 2.45) is 0 Å². The van der Waals surface area contributed by atoms with E-state index in [0.29, 0.717) is 24.0 Å². The SMILES string of the molecule is Cc1ccc(CNC(=O)Cn2cccc2-c2nc(-c3ccc(C)cc3)no2)cc1. The van der Waals surface area contributed by atoms with Gasteiger partial charge in [-0.3, -0.25) is 4.79 Å². The van der Waals surface area contributed by atoms with Crippen molar-refractivity contribution in [1.82, 2.24) is 20.0 Å². The van der Waals surface area contributed by atoms with Crippen LogP contribution in [0.3, 0.4) is 0 Å². The van der Waals surface area contributed by atoms with Gasteiger partial charge < -0.3 is 14.4 Å². The molecule has 0 aliphatic heterocycles. The van der Waals surface area contributed by atoms with E-state index in [-0.39, 0.29) is 12.5 Å². The van der Waals surface area contributed by atoms with Crippen molar-refractivity contribution in [3.8, 4) is 23.0 Å².